The molecule has 0 aliphatic carbocycles. The molecule has 0 N–H and O–H groups in total. The minimum Gasteiger partial charge on any atom is -0.0984 e. The topological polar surface area (TPSA) is 48.8 Å². The molecule has 0 fully saturated rings. The fourth-order valence-electron chi connectivity index (χ4n) is 1.18. The van der Waals surface area contributed by atoms with Gasteiger partial charge in [-0.2, -0.15) is 0 Å². The standard InChI is InChI=1S/C12H15N3S/c13-15-14-10-6-1-2-7-11-16-12-8-4-3-5-9-12/h3-5,7-9,11H,1-2,6,10H2/b11-7+. The van der Waals surface area contributed by atoms with Crippen molar-refractivity contribution in [1.29, 1.82) is 0 Å². The number of azide groups is 1. The first-order valence-corrected chi connectivity index (χ1v) is 6.19. The van der Waals surface area contributed by atoms with Gasteiger partial charge in [-0.25, -0.2) is 0 Å². The smallest absolute Gasteiger partial charge is 0.0258 e. The molecule has 0 saturated carbocycles. The van der Waals surface area contributed by atoms with Gasteiger partial charge < -0.3 is 0 Å². The molecule has 0 aliphatic heterocycles. The molecule has 1 aromatic carbocycles. The molecule has 0 atom stereocenters. The zero-order chi connectivity index (χ0) is 11.5. The van der Waals surface area contributed by atoms with E-state index < -0.39 is 0 Å². The van der Waals surface area contributed by atoms with E-state index in [1.165, 1.54) is 4.90 Å². The number of hydrogen-bond acceptors (Lipinski definition) is 2. The first-order chi connectivity index (χ1) is 7.93. The molecule has 0 bridgehead atoms. The van der Waals surface area contributed by atoms with Gasteiger partial charge in [0.2, 0.25) is 0 Å². The van der Waals surface area contributed by atoms with E-state index in [4.69, 9.17) is 5.53 Å². The van der Waals surface area contributed by atoms with Crippen LogP contribution in [0.25, 0.3) is 10.4 Å². The largest absolute Gasteiger partial charge is 0.0984 e. The van der Waals surface area contributed by atoms with Gasteiger partial charge >= 0.3 is 0 Å². The van der Waals surface area contributed by atoms with Crippen molar-refractivity contribution in [2.24, 2.45) is 5.11 Å². The molecule has 0 heterocycles. The molecule has 0 unspecified atom stereocenters. The highest BCUT2D eigenvalue weighted by Crippen LogP contribution is 2.18. The summed E-state index contributed by atoms with van der Waals surface area (Å²) in [4.78, 5) is 3.97. The Morgan fingerprint density at radius 3 is 2.81 bits per heavy atom. The lowest BCUT2D eigenvalue weighted by Gasteiger charge is -1.94. The van der Waals surface area contributed by atoms with Crippen LogP contribution in [0.15, 0.2) is 51.8 Å². The van der Waals surface area contributed by atoms with Crippen LogP contribution in [0.2, 0.25) is 0 Å². The second kappa shape index (κ2) is 8.89. The minimum atomic E-state index is 0.607. The van der Waals surface area contributed by atoms with Gasteiger partial charge in [0.15, 0.2) is 0 Å². The molecule has 0 aromatic heterocycles. The summed E-state index contributed by atoms with van der Waals surface area (Å²) in [7, 11) is 0. The normalized spacial score (nSPS) is 10.2. The summed E-state index contributed by atoms with van der Waals surface area (Å²) in [6.07, 6.45) is 5.24. The van der Waals surface area contributed by atoms with Crippen LogP contribution in [0, 0.1) is 0 Å². The Bertz CT molecular complexity index is 356. The van der Waals surface area contributed by atoms with Crippen molar-refractivity contribution in [1.82, 2.24) is 0 Å². The fraction of sp³-hybridized carbons (Fsp3) is 0.333. The zero-order valence-corrected chi connectivity index (χ0v) is 9.94. The Morgan fingerprint density at radius 1 is 1.25 bits per heavy atom. The third kappa shape index (κ3) is 6.17. The Kier molecular flexibility index (Phi) is 7.05. The maximum absolute atomic E-state index is 8.07. The molecule has 16 heavy (non-hydrogen) atoms. The van der Waals surface area contributed by atoms with Gasteiger partial charge in [-0.1, -0.05) is 41.2 Å². The maximum atomic E-state index is 8.07. The summed E-state index contributed by atoms with van der Waals surface area (Å²) in [5.74, 6) is 0. The van der Waals surface area contributed by atoms with Crippen LogP contribution < -0.4 is 0 Å². The highest BCUT2D eigenvalue weighted by molar-refractivity contribution is 8.02. The predicted octanol–water partition coefficient (Wildman–Crippen LogP) is 4.77. The summed E-state index contributed by atoms with van der Waals surface area (Å²) in [5.41, 5.74) is 8.07. The van der Waals surface area contributed by atoms with E-state index in [0.29, 0.717) is 6.54 Å². The van der Waals surface area contributed by atoms with Gasteiger partial charge in [-0.3, -0.25) is 0 Å². The van der Waals surface area contributed by atoms with Gasteiger partial charge in [-0.05, 0) is 42.3 Å². The number of rotatable bonds is 7. The average molecular weight is 233 g/mol. The molecule has 84 valence electrons. The molecule has 3 nitrogen and oxygen atoms in total. The van der Waals surface area contributed by atoms with Crippen molar-refractivity contribution in [3.05, 3.63) is 52.3 Å². The summed E-state index contributed by atoms with van der Waals surface area (Å²) in [5, 5.41) is 5.60. The van der Waals surface area contributed by atoms with Crippen LogP contribution in [0.4, 0.5) is 0 Å². The van der Waals surface area contributed by atoms with Crippen LogP contribution >= 0.6 is 11.8 Å². The van der Waals surface area contributed by atoms with Gasteiger partial charge in [0, 0.05) is 16.4 Å². The van der Waals surface area contributed by atoms with Gasteiger partial charge in [-0.15, -0.1) is 0 Å². The molecule has 0 amide bonds. The van der Waals surface area contributed by atoms with Crippen LogP contribution in [0.1, 0.15) is 19.3 Å². The highest BCUT2D eigenvalue weighted by Gasteiger charge is 1.87. The number of nitrogens with zero attached hydrogens (tertiary/aromatic N) is 3. The monoisotopic (exact) mass is 233 g/mol. The second-order valence-corrected chi connectivity index (χ2v) is 4.23. The van der Waals surface area contributed by atoms with Gasteiger partial charge in [0.05, 0.1) is 0 Å². The zero-order valence-electron chi connectivity index (χ0n) is 9.12. The molecule has 1 rings (SSSR count). The molecule has 0 aliphatic rings. The molecular formula is C12H15N3S. The van der Waals surface area contributed by atoms with Crippen molar-refractivity contribution in [3.63, 3.8) is 0 Å². The third-order valence-corrected chi connectivity index (χ3v) is 2.86. The molecule has 0 saturated heterocycles. The highest BCUT2D eigenvalue weighted by atomic mass is 32.2. The van der Waals surface area contributed by atoms with E-state index in [2.05, 4.69) is 33.6 Å². The van der Waals surface area contributed by atoms with E-state index in [1.54, 1.807) is 11.8 Å². The van der Waals surface area contributed by atoms with E-state index in [0.717, 1.165) is 19.3 Å². The number of thioether (sulfide) groups is 1. The Labute approximate surface area is 100 Å². The first kappa shape index (κ1) is 12.7. The molecule has 4 heteroatoms. The molecular weight excluding hydrogens is 218 g/mol. The second-order valence-electron chi connectivity index (χ2n) is 3.25. The van der Waals surface area contributed by atoms with Crippen molar-refractivity contribution in [3.8, 4) is 0 Å². The Morgan fingerprint density at radius 2 is 2.06 bits per heavy atom. The van der Waals surface area contributed by atoms with E-state index >= 15 is 0 Å². The summed E-state index contributed by atoms with van der Waals surface area (Å²) >= 11 is 1.73. The van der Waals surface area contributed by atoms with E-state index in [-0.39, 0.29) is 0 Å². The SMILES string of the molecule is [N-]=[N+]=NCCCC/C=C/Sc1ccccc1. The molecule has 1 aromatic rings. The van der Waals surface area contributed by atoms with Crippen LogP contribution in [-0.2, 0) is 0 Å². The number of hydrogen-bond donors (Lipinski definition) is 0. The summed E-state index contributed by atoms with van der Waals surface area (Å²) in [6.45, 7) is 0.607. The van der Waals surface area contributed by atoms with Crippen molar-refractivity contribution in [2.75, 3.05) is 6.54 Å². The molecule has 0 radical (unpaired) electrons. The number of benzene rings is 1. The van der Waals surface area contributed by atoms with Crippen LogP contribution in [0.3, 0.4) is 0 Å². The first-order valence-electron chi connectivity index (χ1n) is 5.31. The van der Waals surface area contributed by atoms with Crippen molar-refractivity contribution < 1.29 is 0 Å². The van der Waals surface area contributed by atoms with E-state index in [9.17, 15) is 0 Å². The van der Waals surface area contributed by atoms with Crippen molar-refractivity contribution >= 4 is 11.8 Å². The van der Waals surface area contributed by atoms with Crippen molar-refractivity contribution in [2.45, 2.75) is 24.2 Å². The lowest BCUT2D eigenvalue weighted by Crippen LogP contribution is -1.77. The quantitative estimate of drug-likeness (QED) is 0.220. The lowest BCUT2D eigenvalue weighted by atomic mass is 10.2. The number of allylic oxidation sites excluding steroid dienone is 1. The average Bonchev–Trinajstić information content (AvgIpc) is 2.34. The maximum Gasteiger partial charge on any atom is 0.0258 e. The van der Waals surface area contributed by atoms with Gasteiger partial charge in [0.1, 0.15) is 0 Å². The van der Waals surface area contributed by atoms with Crippen LogP contribution in [0.5, 0.6) is 0 Å². The molecule has 0 spiro atoms. The third-order valence-electron chi connectivity index (χ3n) is 1.99. The Hall–Kier alpha value is -1.38. The van der Waals surface area contributed by atoms with Crippen LogP contribution in [-0.4, -0.2) is 6.54 Å². The summed E-state index contributed by atoms with van der Waals surface area (Å²) in [6, 6.07) is 10.3. The minimum absolute atomic E-state index is 0.607. The number of unbranched alkanes of at least 4 members (excludes halogenated alkanes) is 2. The lowest BCUT2D eigenvalue weighted by molar-refractivity contribution is 0.756. The van der Waals surface area contributed by atoms with E-state index in [1.807, 2.05) is 18.2 Å². The predicted molar refractivity (Wildman–Crippen MR) is 69.3 cm³/mol. The summed E-state index contributed by atoms with van der Waals surface area (Å²) < 4.78 is 0. The Balaban J connectivity index is 2.07. The van der Waals surface area contributed by atoms with Gasteiger partial charge in [0.25, 0.3) is 0 Å². The fourth-order valence-corrected chi connectivity index (χ4v) is 1.89.